The molecule has 0 aliphatic carbocycles. The molecule has 0 amide bonds. The number of aryl methyl sites for hydroxylation is 2. The fourth-order valence-corrected chi connectivity index (χ4v) is 1.41. The molecule has 0 saturated heterocycles. The molecule has 0 spiro atoms. The predicted octanol–water partition coefficient (Wildman–Crippen LogP) is 2.71. The van der Waals surface area contributed by atoms with E-state index >= 15 is 0 Å². The molecule has 0 aliphatic rings. The number of carboxylic acids is 1. The van der Waals surface area contributed by atoms with Crippen molar-refractivity contribution in [3.05, 3.63) is 41.0 Å². The van der Waals surface area contributed by atoms with E-state index in [9.17, 15) is 4.79 Å². The van der Waals surface area contributed by atoms with Crippen LogP contribution in [0.15, 0.2) is 29.8 Å². The molecule has 16 heavy (non-hydrogen) atoms. The van der Waals surface area contributed by atoms with Gasteiger partial charge in [0.1, 0.15) is 12.4 Å². The highest BCUT2D eigenvalue weighted by Gasteiger charge is 2.00. The monoisotopic (exact) mass is 220 g/mol. The van der Waals surface area contributed by atoms with Crippen molar-refractivity contribution in [3.63, 3.8) is 0 Å². The fraction of sp³-hybridized carbons (Fsp3) is 0.308. The molecule has 1 rings (SSSR count). The number of ether oxygens (including phenoxy) is 1. The maximum absolute atomic E-state index is 10.4. The van der Waals surface area contributed by atoms with Crippen molar-refractivity contribution in [2.75, 3.05) is 6.61 Å². The summed E-state index contributed by atoms with van der Waals surface area (Å²) in [6.07, 6.45) is 1.16. The van der Waals surface area contributed by atoms with Crippen molar-refractivity contribution in [2.45, 2.75) is 20.8 Å². The zero-order valence-corrected chi connectivity index (χ0v) is 9.78. The number of aliphatic carboxylic acids is 1. The van der Waals surface area contributed by atoms with Crippen LogP contribution in [0.3, 0.4) is 0 Å². The number of hydrogen-bond acceptors (Lipinski definition) is 2. The van der Waals surface area contributed by atoms with Gasteiger partial charge in [0.25, 0.3) is 0 Å². The number of hydrogen-bond donors (Lipinski definition) is 1. The Morgan fingerprint density at radius 2 is 2.12 bits per heavy atom. The third kappa shape index (κ3) is 3.77. The first-order valence-electron chi connectivity index (χ1n) is 5.09. The lowest BCUT2D eigenvalue weighted by atomic mass is 10.1. The van der Waals surface area contributed by atoms with E-state index in [0.29, 0.717) is 12.2 Å². The minimum absolute atomic E-state index is 0.302. The zero-order chi connectivity index (χ0) is 12.1. The van der Waals surface area contributed by atoms with Crippen molar-refractivity contribution in [3.8, 4) is 5.75 Å². The van der Waals surface area contributed by atoms with Crippen LogP contribution in [0.2, 0.25) is 0 Å². The van der Waals surface area contributed by atoms with Crippen molar-refractivity contribution in [1.82, 2.24) is 0 Å². The van der Waals surface area contributed by atoms with Gasteiger partial charge in [0.05, 0.1) is 0 Å². The highest BCUT2D eigenvalue weighted by Crippen LogP contribution is 2.19. The van der Waals surface area contributed by atoms with E-state index in [1.807, 2.05) is 32.0 Å². The van der Waals surface area contributed by atoms with Gasteiger partial charge >= 0.3 is 5.97 Å². The standard InChI is InChI=1S/C13H16O3/c1-9-4-5-12(11(3)6-9)16-8-10(2)7-13(14)15/h4-7H,8H2,1-3H3,(H,14,15)/b10-7+. The highest BCUT2D eigenvalue weighted by molar-refractivity contribution is 5.80. The molecule has 0 fully saturated rings. The van der Waals surface area contributed by atoms with E-state index in [2.05, 4.69) is 0 Å². The van der Waals surface area contributed by atoms with Crippen LogP contribution in [0.1, 0.15) is 18.1 Å². The van der Waals surface area contributed by atoms with Crippen LogP contribution in [0, 0.1) is 13.8 Å². The molecule has 0 bridgehead atoms. The van der Waals surface area contributed by atoms with Gasteiger partial charge in [-0.25, -0.2) is 4.79 Å². The minimum atomic E-state index is -0.943. The number of benzene rings is 1. The Labute approximate surface area is 95.4 Å². The van der Waals surface area contributed by atoms with E-state index in [4.69, 9.17) is 9.84 Å². The van der Waals surface area contributed by atoms with E-state index in [0.717, 1.165) is 17.4 Å². The zero-order valence-electron chi connectivity index (χ0n) is 9.78. The summed E-state index contributed by atoms with van der Waals surface area (Å²) in [4.78, 5) is 10.4. The lowest BCUT2D eigenvalue weighted by molar-refractivity contribution is -0.131. The quantitative estimate of drug-likeness (QED) is 0.793. The van der Waals surface area contributed by atoms with Crippen molar-refractivity contribution < 1.29 is 14.6 Å². The maximum atomic E-state index is 10.4. The topological polar surface area (TPSA) is 46.5 Å². The first-order chi connectivity index (χ1) is 7.49. The predicted molar refractivity (Wildman–Crippen MR) is 62.8 cm³/mol. The summed E-state index contributed by atoms with van der Waals surface area (Å²) in [7, 11) is 0. The average Bonchev–Trinajstić information content (AvgIpc) is 2.15. The molecular weight excluding hydrogens is 204 g/mol. The van der Waals surface area contributed by atoms with Crippen LogP contribution in [-0.2, 0) is 4.79 Å². The third-order valence-corrected chi connectivity index (χ3v) is 2.16. The van der Waals surface area contributed by atoms with Crippen molar-refractivity contribution in [1.29, 1.82) is 0 Å². The first kappa shape index (κ1) is 12.3. The molecule has 0 radical (unpaired) electrons. The van der Waals surface area contributed by atoms with Crippen LogP contribution in [-0.4, -0.2) is 17.7 Å². The van der Waals surface area contributed by atoms with Gasteiger partial charge in [-0.1, -0.05) is 17.7 Å². The SMILES string of the molecule is C/C(=C\C(=O)O)COc1ccc(C)cc1C. The van der Waals surface area contributed by atoms with Gasteiger partial charge in [-0.05, 0) is 38.0 Å². The molecule has 0 heterocycles. The first-order valence-corrected chi connectivity index (χ1v) is 5.09. The molecule has 1 aromatic rings. The number of carbonyl (C=O) groups is 1. The lowest BCUT2D eigenvalue weighted by Crippen LogP contribution is -2.02. The fourth-order valence-electron chi connectivity index (χ4n) is 1.41. The molecule has 0 aromatic heterocycles. The van der Waals surface area contributed by atoms with Gasteiger partial charge in [0.15, 0.2) is 0 Å². The molecular formula is C13H16O3. The minimum Gasteiger partial charge on any atom is -0.489 e. The van der Waals surface area contributed by atoms with Gasteiger partial charge in [-0.2, -0.15) is 0 Å². The van der Waals surface area contributed by atoms with Crippen LogP contribution in [0.25, 0.3) is 0 Å². The van der Waals surface area contributed by atoms with E-state index in [-0.39, 0.29) is 0 Å². The van der Waals surface area contributed by atoms with Crippen LogP contribution >= 0.6 is 0 Å². The number of carboxylic acid groups (broad SMARTS) is 1. The second-order valence-electron chi connectivity index (χ2n) is 3.89. The molecule has 0 aliphatic heterocycles. The smallest absolute Gasteiger partial charge is 0.328 e. The van der Waals surface area contributed by atoms with Crippen LogP contribution < -0.4 is 4.74 Å². The Kier molecular flexibility index (Phi) is 4.11. The molecule has 0 unspecified atom stereocenters. The van der Waals surface area contributed by atoms with Gasteiger partial charge in [0.2, 0.25) is 0 Å². The average molecular weight is 220 g/mol. The van der Waals surface area contributed by atoms with E-state index in [1.54, 1.807) is 6.92 Å². The van der Waals surface area contributed by atoms with Gasteiger partial charge in [-0.15, -0.1) is 0 Å². The number of rotatable bonds is 4. The van der Waals surface area contributed by atoms with Crippen LogP contribution in [0.4, 0.5) is 0 Å². The second kappa shape index (κ2) is 5.35. The molecule has 86 valence electrons. The molecule has 0 atom stereocenters. The molecule has 1 aromatic carbocycles. The molecule has 3 nitrogen and oxygen atoms in total. The Hall–Kier alpha value is -1.77. The Bertz CT molecular complexity index is 419. The summed E-state index contributed by atoms with van der Waals surface area (Å²) in [5, 5.41) is 8.54. The Balaban J connectivity index is 2.65. The lowest BCUT2D eigenvalue weighted by Gasteiger charge is -2.09. The largest absolute Gasteiger partial charge is 0.489 e. The normalized spacial score (nSPS) is 11.3. The summed E-state index contributed by atoms with van der Waals surface area (Å²) in [5.74, 6) is -0.148. The maximum Gasteiger partial charge on any atom is 0.328 e. The third-order valence-electron chi connectivity index (χ3n) is 2.16. The van der Waals surface area contributed by atoms with E-state index < -0.39 is 5.97 Å². The van der Waals surface area contributed by atoms with Gasteiger partial charge < -0.3 is 9.84 Å². The summed E-state index contributed by atoms with van der Waals surface area (Å²) in [5.41, 5.74) is 2.93. The summed E-state index contributed by atoms with van der Waals surface area (Å²) >= 11 is 0. The van der Waals surface area contributed by atoms with Crippen molar-refractivity contribution >= 4 is 5.97 Å². The highest BCUT2D eigenvalue weighted by atomic mass is 16.5. The van der Waals surface area contributed by atoms with Crippen molar-refractivity contribution in [2.24, 2.45) is 0 Å². The molecule has 0 saturated carbocycles. The molecule has 3 heteroatoms. The summed E-state index contributed by atoms with van der Waals surface area (Å²) in [6.45, 7) is 6.03. The molecule has 1 N–H and O–H groups in total. The summed E-state index contributed by atoms with van der Waals surface area (Å²) in [6, 6.07) is 5.91. The Morgan fingerprint density at radius 1 is 1.44 bits per heavy atom. The van der Waals surface area contributed by atoms with Crippen LogP contribution in [0.5, 0.6) is 5.75 Å². The van der Waals surface area contributed by atoms with Gasteiger partial charge in [-0.3, -0.25) is 0 Å². The second-order valence-corrected chi connectivity index (χ2v) is 3.89. The van der Waals surface area contributed by atoms with Gasteiger partial charge in [0, 0.05) is 6.08 Å². The summed E-state index contributed by atoms with van der Waals surface area (Å²) < 4.78 is 5.52. The Morgan fingerprint density at radius 3 is 2.69 bits per heavy atom. The van der Waals surface area contributed by atoms with E-state index in [1.165, 1.54) is 5.56 Å².